The van der Waals surface area contributed by atoms with E-state index < -0.39 is 0 Å². The Bertz CT molecular complexity index is 233. The number of aliphatic hydroxyl groups is 1. The quantitative estimate of drug-likeness (QED) is 0.692. The van der Waals surface area contributed by atoms with Gasteiger partial charge in [-0.1, -0.05) is 13.0 Å². The van der Waals surface area contributed by atoms with Gasteiger partial charge in [-0.3, -0.25) is 4.98 Å². The van der Waals surface area contributed by atoms with Crippen LogP contribution in [0.15, 0.2) is 18.3 Å². The van der Waals surface area contributed by atoms with Gasteiger partial charge >= 0.3 is 0 Å². The van der Waals surface area contributed by atoms with Crippen LogP contribution in [-0.2, 0) is 6.61 Å². The first-order valence-electron chi connectivity index (χ1n) is 4.03. The first-order valence-corrected chi connectivity index (χ1v) is 4.03. The molecule has 0 aliphatic carbocycles. The van der Waals surface area contributed by atoms with E-state index in [9.17, 15) is 0 Å². The van der Waals surface area contributed by atoms with Crippen molar-refractivity contribution in [1.82, 2.24) is 4.98 Å². The van der Waals surface area contributed by atoms with E-state index in [1.807, 2.05) is 12.1 Å². The standard InChI is InChI=1S/C9H14N2O/c1-7(4-10)8-2-3-9(6-12)11-5-8/h2-3,5,7,12H,4,6,10H2,1H3. The van der Waals surface area contributed by atoms with E-state index in [-0.39, 0.29) is 6.61 Å². The molecular formula is C9H14N2O. The minimum Gasteiger partial charge on any atom is -0.390 e. The van der Waals surface area contributed by atoms with Crippen LogP contribution < -0.4 is 5.73 Å². The number of hydrogen-bond donors (Lipinski definition) is 2. The third kappa shape index (κ3) is 2.03. The lowest BCUT2D eigenvalue weighted by atomic mass is 10.0. The predicted molar refractivity (Wildman–Crippen MR) is 47.6 cm³/mol. The van der Waals surface area contributed by atoms with Crippen LogP contribution in [0.2, 0.25) is 0 Å². The van der Waals surface area contributed by atoms with Crippen molar-refractivity contribution < 1.29 is 5.11 Å². The molecule has 0 saturated carbocycles. The second kappa shape index (κ2) is 4.18. The van der Waals surface area contributed by atoms with Crippen molar-refractivity contribution in [2.45, 2.75) is 19.4 Å². The first kappa shape index (κ1) is 9.16. The van der Waals surface area contributed by atoms with Crippen molar-refractivity contribution in [2.75, 3.05) is 6.54 Å². The molecule has 0 fully saturated rings. The molecule has 1 aromatic rings. The van der Waals surface area contributed by atoms with Gasteiger partial charge in [-0.25, -0.2) is 0 Å². The molecule has 0 spiro atoms. The zero-order valence-corrected chi connectivity index (χ0v) is 7.20. The minimum atomic E-state index is -0.00269. The summed E-state index contributed by atoms with van der Waals surface area (Å²) in [4.78, 5) is 4.06. The van der Waals surface area contributed by atoms with Crippen LogP contribution in [0.1, 0.15) is 24.1 Å². The normalized spacial score (nSPS) is 12.9. The highest BCUT2D eigenvalue weighted by atomic mass is 16.3. The van der Waals surface area contributed by atoms with E-state index in [0.717, 1.165) is 5.56 Å². The van der Waals surface area contributed by atoms with Gasteiger partial charge in [0.2, 0.25) is 0 Å². The third-order valence-electron chi connectivity index (χ3n) is 1.93. The van der Waals surface area contributed by atoms with Crippen LogP contribution in [0.5, 0.6) is 0 Å². The summed E-state index contributed by atoms with van der Waals surface area (Å²) in [5, 5.41) is 8.74. The van der Waals surface area contributed by atoms with Crippen LogP contribution in [-0.4, -0.2) is 16.6 Å². The van der Waals surface area contributed by atoms with Crippen LogP contribution in [0.4, 0.5) is 0 Å². The van der Waals surface area contributed by atoms with Crippen molar-refractivity contribution in [1.29, 1.82) is 0 Å². The van der Waals surface area contributed by atoms with Gasteiger partial charge < -0.3 is 10.8 Å². The molecule has 0 bridgehead atoms. The zero-order chi connectivity index (χ0) is 8.97. The molecule has 12 heavy (non-hydrogen) atoms. The molecule has 0 amide bonds. The Labute approximate surface area is 72.2 Å². The molecule has 0 radical (unpaired) electrons. The highest BCUT2D eigenvalue weighted by Gasteiger charge is 2.02. The molecule has 1 heterocycles. The van der Waals surface area contributed by atoms with E-state index in [4.69, 9.17) is 10.8 Å². The SMILES string of the molecule is CC(CN)c1ccc(CO)nc1. The molecule has 1 atom stereocenters. The van der Waals surface area contributed by atoms with E-state index in [0.29, 0.717) is 18.2 Å². The van der Waals surface area contributed by atoms with Crippen molar-refractivity contribution >= 4 is 0 Å². The lowest BCUT2D eigenvalue weighted by Gasteiger charge is -2.07. The molecule has 0 aromatic carbocycles. The number of nitrogens with zero attached hydrogens (tertiary/aromatic N) is 1. The van der Waals surface area contributed by atoms with Crippen molar-refractivity contribution in [3.8, 4) is 0 Å². The number of rotatable bonds is 3. The lowest BCUT2D eigenvalue weighted by Crippen LogP contribution is -2.09. The fourth-order valence-corrected chi connectivity index (χ4v) is 0.957. The van der Waals surface area contributed by atoms with Gasteiger partial charge in [0.25, 0.3) is 0 Å². The number of hydrogen-bond acceptors (Lipinski definition) is 3. The molecule has 1 rings (SSSR count). The van der Waals surface area contributed by atoms with E-state index >= 15 is 0 Å². The van der Waals surface area contributed by atoms with Gasteiger partial charge in [0.05, 0.1) is 12.3 Å². The maximum Gasteiger partial charge on any atom is 0.0852 e. The highest BCUT2D eigenvalue weighted by Crippen LogP contribution is 2.12. The largest absolute Gasteiger partial charge is 0.390 e. The molecule has 3 N–H and O–H groups in total. The van der Waals surface area contributed by atoms with Crippen LogP contribution in [0.25, 0.3) is 0 Å². The summed E-state index contributed by atoms with van der Waals surface area (Å²) in [6.45, 7) is 2.67. The topological polar surface area (TPSA) is 59.1 Å². The zero-order valence-electron chi connectivity index (χ0n) is 7.20. The monoisotopic (exact) mass is 166 g/mol. The molecule has 0 saturated heterocycles. The maximum absolute atomic E-state index is 8.74. The van der Waals surface area contributed by atoms with E-state index in [1.165, 1.54) is 0 Å². The van der Waals surface area contributed by atoms with Crippen molar-refractivity contribution in [3.63, 3.8) is 0 Å². The second-order valence-corrected chi connectivity index (χ2v) is 2.88. The molecule has 66 valence electrons. The van der Waals surface area contributed by atoms with Gasteiger partial charge in [-0.2, -0.15) is 0 Å². The van der Waals surface area contributed by atoms with Crippen molar-refractivity contribution in [2.24, 2.45) is 5.73 Å². The Morgan fingerprint density at radius 1 is 1.58 bits per heavy atom. The summed E-state index contributed by atoms with van der Waals surface area (Å²) < 4.78 is 0. The Morgan fingerprint density at radius 3 is 2.75 bits per heavy atom. The maximum atomic E-state index is 8.74. The fraction of sp³-hybridized carbons (Fsp3) is 0.444. The Kier molecular flexibility index (Phi) is 3.19. The van der Waals surface area contributed by atoms with E-state index in [1.54, 1.807) is 6.20 Å². The molecule has 0 aliphatic rings. The Balaban J connectivity index is 2.77. The number of aromatic nitrogens is 1. The number of pyridine rings is 1. The summed E-state index contributed by atoms with van der Waals surface area (Å²) >= 11 is 0. The smallest absolute Gasteiger partial charge is 0.0852 e. The molecule has 3 heteroatoms. The molecule has 1 unspecified atom stereocenters. The van der Waals surface area contributed by atoms with Crippen LogP contribution >= 0.6 is 0 Å². The van der Waals surface area contributed by atoms with Gasteiger partial charge in [0, 0.05) is 6.20 Å². The average molecular weight is 166 g/mol. The summed E-state index contributed by atoms with van der Waals surface area (Å²) in [6.07, 6.45) is 1.77. The van der Waals surface area contributed by atoms with Crippen LogP contribution in [0.3, 0.4) is 0 Å². The Morgan fingerprint density at radius 2 is 2.33 bits per heavy atom. The molecule has 1 aromatic heterocycles. The predicted octanol–water partition coefficient (Wildman–Crippen LogP) is 0.636. The third-order valence-corrected chi connectivity index (χ3v) is 1.93. The summed E-state index contributed by atoms with van der Waals surface area (Å²) in [5.41, 5.74) is 7.31. The van der Waals surface area contributed by atoms with Gasteiger partial charge in [-0.05, 0) is 24.1 Å². The lowest BCUT2D eigenvalue weighted by molar-refractivity contribution is 0.277. The Hall–Kier alpha value is -0.930. The molecular weight excluding hydrogens is 152 g/mol. The number of nitrogens with two attached hydrogens (primary N) is 1. The summed E-state index contributed by atoms with van der Waals surface area (Å²) in [7, 11) is 0. The second-order valence-electron chi connectivity index (χ2n) is 2.88. The first-order chi connectivity index (χ1) is 5.77. The fourth-order valence-electron chi connectivity index (χ4n) is 0.957. The van der Waals surface area contributed by atoms with Gasteiger partial charge in [-0.15, -0.1) is 0 Å². The van der Waals surface area contributed by atoms with Crippen LogP contribution in [0, 0.1) is 0 Å². The highest BCUT2D eigenvalue weighted by molar-refractivity contribution is 5.17. The summed E-state index contributed by atoms with van der Waals surface area (Å²) in [6, 6.07) is 3.78. The summed E-state index contributed by atoms with van der Waals surface area (Å²) in [5.74, 6) is 0.338. The van der Waals surface area contributed by atoms with Crippen molar-refractivity contribution in [3.05, 3.63) is 29.6 Å². The van der Waals surface area contributed by atoms with Gasteiger partial charge in [0.15, 0.2) is 0 Å². The van der Waals surface area contributed by atoms with Gasteiger partial charge in [0.1, 0.15) is 0 Å². The molecule has 3 nitrogen and oxygen atoms in total. The average Bonchev–Trinajstić information content (AvgIpc) is 2.17. The minimum absolute atomic E-state index is 0.00269. The number of aliphatic hydroxyl groups excluding tert-OH is 1. The molecule has 0 aliphatic heterocycles. The van der Waals surface area contributed by atoms with E-state index in [2.05, 4.69) is 11.9 Å².